The Kier molecular flexibility index (Phi) is 4.49. The Morgan fingerprint density at radius 3 is 2.58 bits per heavy atom. The van der Waals surface area contributed by atoms with Crippen molar-refractivity contribution in [2.45, 2.75) is 0 Å². The van der Waals surface area contributed by atoms with Crippen LogP contribution in [0.2, 0.25) is 0 Å². The van der Waals surface area contributed by atoms with E-state index in [1.807, 2.05) is 24.3 Å². The number of rotatable bonds is 4. The summed E-state index contributed by atoms with van der Waals surface area (Å²) < 4.78 is 21.0. The molecule has 8 heteroatoms. The first-order valence-corrected chi connectivity index (χ1v) is 8.40. The van der Waals surface area contributed by atoms with Crippen LogP contribution >= 0.6 is 0 Å². The van der Waals surface area contributed by atoms with Gasteiger partial charge in [0.05, 0.1) is 25.6 Å². The molecule has 0 spiro atoms. The number of aryl methyl sites for hydroxylation is 1. The first-order valence-electron chi connectivity index (χ1n) is 8.40. The lowest BCUT2D eigenvalue weighted by Gasteiger charge is -2.28. The number of morpholine rings is 1. The van der Waals surface area contributed by atoms with Gasteiger partial charge in [-0.05, 0) is 24.3 Å². The molecule has 3 aromatic rings. The molecule has 0 atom stereocenters. The van der Waals surface area contributed by atoms with Crippen molar-refractivity contribution < 1.29 is 9.13 Å². The van der Waals surface area contributed by atoms with Crippen LogP contribution in [0.5, 0.6) is 0 Å². The van der Waals surface area contributed by atoms with Crippen LogP contribution in [0.3, 0.4) is 0 Å². The molecule has 0 aliphatic carbocycles. The number of nitrogens with one attached hydrogen (secondary N) is 1. The van der Waals surface area contributed by atoms with Gasteiger partial charge < -0.3 is 15.0 Å². The largest absolute Gasteiger partial charge is 0.378 e. The molecule has 1 aromatic carbocycles. The zero-order valence-corrected chi connectivity index (χ0v) is 14.4. The van der Waals surface area contributed by atoms with E-state index in [-0.39, 0.29) is 5.69 Å². The predicted octanol–water partition coefficient (Wildman–Crippen LogP) is 2.60. The molecule has 7 nitrogen and oxygen atoms in total. The number of aromatic nitrogens is 4. The SMILES string of the molecule is Cn1cc(-c2nc(Nc3ccc(N4CCOCC4)cc3)ncc2F)cn1. The smallest absolute Gasteiger partial charge is 0.227 e. The Morgan fingerprint density at radius 2 is 1.88 bits per heavy atom. The highest BCUT2D eigenvalue weighted by Gasteiger charge is 2.13. The minimum absolute atomic E-state index is 0.223. The Hall–Kier alpha value is -3.00. The van der Waals surface area contributed by atoms with Gasteiger partial charge in [0.25, 0.3) is 0 Å². The van der Waals surface area contributed by atoms with Gasteiger partial charge in [-0.15, -0.1) is 0 Å². The summed E-state index contributed by atoms with van der Waals surface area (Å²) in [6, 6.07) is 8.00. The summed E-state index contributed by atoms with van der Waals surface area (Å²) in [7, 11) is 1.78. The van der Waals surface area contributed by atoms with Crippen molar-refractivity contribution in [3.8, 4) is 11.3 Å². The molecule has 2 aromatic heterocycles. The van der Waals surface area contributed by atoms with Crippen LogP contribution in [0, 0.1) is 5.82 Å². The third-order valence-corrected chi connectivity index (χ3v) is 4.22. The van der Waals surface area contributed by atoms with E-state index in [2.05, 4.69) is 25.3 Å². The van der Waals surface area contributed by atoms with Crippen LogP contribution in [0.25, 0.3) is 11.3 Å². The van der Waals surface area contributed by atoms with E-state index < -0.39 is 5.82 Å². The second-order valence-electron chi connectivity index (χ2n) is 6.06. The maximum absolute atomic E-state index is 14.1. The van der Waals surface area contributed by atoms with Gasteiger partial charge in [-0.3, -0.25) is 4.68 Å². The number of benzene rings is 1. The van der Waals surface area contributed by atoms with Crippen LogP contribution < -0.4 is 10.2 Å². The zero-order chi connectivity index (χ0) is 17.9. The molecule has 1 aliphatic rings. The van der Waals surface area contributed by atoms with Crippen molar-refractivity contribution in [1.82, 2.24) is 19.7 Å². The van der Waals surface area contributed by atoms with Crippen LogP contribution in [0.1, 0.15) is 0 Å². The maximum atomic E-state index is 14.1. The average Bonchev–Trinajstić information content (AvgIpc) is 3.11. The van der Waals surface area contributed by atoms with Gasteiger partial charge in [-0.2, -0.15) is 5.10 Å². The molecular formula is C18H19FN6O. The Balaban J connectivity index is 1.52. The Morgan fingerprint density at radius 1 is 1.12 bits per heavy atom. The van der Waals surface area contributed by atoms with Gasteiger partial charge in [-0.25, -0.2) is 14.4 Å². The topological polar surface area (TPSA) is 68.1 Å². The number of nitrogens with zero attached hydrogens (tertiary/aromatic N) is 5. The number of anilines is 3. The van der Waals surface area contributed by atoms with E-state index in [0.29, 0.717) is 11.5 Å². The van der Waals surface area contributed by atoms with Gasteiger partial charge in [0, 0.05) is 43.3 Å². The summed E-state index contributed by atoms with van der Waals surface area (Å²) in [4.78, 5) is 10.6. The standard InChI is InChI=1S/C18H19FN6O/c1-24-12-13(10-21-24)17-16(19)11-20-18(23-17)22-14-2-4-15(5-3-14)25-6-8-26-9-7-25/h2-5,10-12H,6-9H2,1H3,(H,20,22,23). The van der Waals surface area contributed by atoms with E-state index in [0.717, 1.165) is 37.7 Å². The minimum atomic E-state index is -0.480. The first-order chi connectivity index (χ1) is 12.7. The molecule has 0 saturated carbocycles. The molecule has 0 bridgehead atoms. The second kappa shape index (κ2) is 7.09. The predicted molar refractivity (Wildman–Crippen MR) is 96.9 cm³/mol. The highest BCUT2D eigenvalue weighted by atomic mass is 19.1. The zero-order valence-electron chi connectivity index (χ0n) is 14.4. The number of hydrogen-bond acceptors (Lipinski definition) is 6. The summed E-state index contributed by atoms with van der Waals surface area (Å²) in [5.41, 5.74) is 2.82. The Labute approximate surface area is 150 Å². The van der Waals surface area contributed by atoms with Crippen LogP contribution in [0.15, 0.2) is 42.9 Å². The summed E-state index contributed by atoms with van der Waals surface area (Å²) in [5, 5.41) is 7.18. The molecule has 0 radical (unpaired) electrons. The van der Waals surface area contributed by atoms with Crippen molar-refractivity contribution in [1.29, 1.82) is 0 Å². The highest BCUT2D eigenvalue weighted by molar-refractivity contribution is 5.63. The van der Waals surface area contributed by atoms with Gasteiger partial charge in [0.2, 0.25) is 5.95 Å². The monoisotopic (exact) mass is 354 g/mol. The maximum Gasteiger partial charge on any atom is 0.227 e. The lowest BCUT2D eigenvalue weighted by atomic mass is 10.2. The summed E-state index contributed by atoms with van der Waals surface area (Å²) in [6.45, 7) is 3.28. The van der Waals surface area contributed by atoms with E-state index >= 15 is 0 Å². The van der Waals surface area contributed by atoms with Crippen molar-refractivity contribution in [3.05, 3.63) is 48.7 Å². The fraction of sp³-hybridized carbons (Fsp3) is 0.278. The minimum Gasteiger partial charge on any atom is -0.378 e. The van der Waals surface area contributed by atoms with Crippen LogP contribution in [-0.2, 0) is 11.8 Å². The third kappa shape index (κ3) is 3.50. The van der Waals surface area contributed by atoms with Gasteiger partial charge in [-0.1, -0.05) is 0 Å². The molecule has 0 unspecified atom stereocenters. The molecule has 1 N–H and O–H groups in total. The van der Waals surface area contributed by atoms with Gasteiger partial charge >= 0.3 is 0 Å². The summed E-state index contributed by atoms with van der Waals surface area (Å²) >= 11 is 0. The third-order valence-electron chi connectivity index (χ3n) is 4.22. The molecule has 4 rings (SSSR count). The molecule has 134 valence electrons. The number of hydrogen-bond donors (Lipinski definition) is 1. The molecule has 1 saturated heterocycles. The highest BCUT2D eigenvalue weighted by Crippen LogP contribution is 2.23. The van der Waals surface area contributed by atoms with Crippen LogP contribution in [0.4, 0.5) is 21.7 Å². The Bertz CT molecular complexity index is 889. The van der Waals surface area contributed by atoms with Crippen molar-refractivity contribution in [2.75, 3.05) is 36.5 Å². The lowest BCUT2D eigenvalue weighted by molar-refractivity contribution is 0.122. The number of halogens is 1. The van der Waals surface area contributed by atoms with Crippen LogP contribution in [-0.4, -0.2) is 46.1 Å². The van der Waals surface area contributed by atoms with E-state index in [9.17, 15) is 4.39 Å². The van der Waals surface area contributed by atoms with E-state index in [1.165, 1.54) is 6.20 Å². The van der Waals surface area contributed by atoms with Gasteiger partial charge in [0.15, 0.2) is 5.82 Å². The quantitative estimate of drug-likeness (QED) is 0.777. The fourth-order valence-electron chi connectivity index (χ4n) is 2.88. The van der Waals surface area contributed by atoms with Crippen molar-refractivity contribution in [2.24, 2.45) is 7.05 Å². The second-order valence-corrected chi connectivity index (χ2v) is 6.06. The summed E-state index contributed by atoms with van der Waals surface area (Å²) in [6.07, 6.45) is 4.46. The summed E-state index contributed by atoms with van der Waals surface area (Å²) in [5.74, 6) is -0.143. The number of ether oxygens (including phenoxy) is 1. The first kappa shape index (κ1) is 16.5. The van der Waals surface area contributed by atoms with Gasteiger partial charge in [0.1, 0.15) is 5.69 Å². The molecule has 3 heterocycles. The van der Waals surface area contributed by atoms with Crippen molar-refractivity contribution >= 4 is 17.3 Å². The lowest BCUT2D eigenvalue weighted by Crippen LogP contribution is -2.36. The molecular weight excluding hydrogens is 335 g/mol. The van der Waals surface area contributed by atoms with E-state index in [1.54, 1.807) is 24.1 Å². The average molecular weight is 354 g/mol. The normalized spacial score (nSPS) is 14.5. The molecule has 26 heavy (non-hydrogen) atoms. The van der Waals surface area contributed by atoms with E-state index in [4.69, 9.17) is 4.74 Å². The van der Waals surface area contributed by atoms with Crippen molar-refractivity contribution in [3.63, 3.8) is 0 Å². The fourth-order valence-corrected chi connectivity index (χ4v) is 2.88. The molecule has 0 amide bonds. The molecule has 1 aliphatic heterocycles. The molecule has 1 fully saturated rings.